The number of benzene rings is 2. The van der Waals surface area contributed by atoms with Gasteiger partial charge in [-0.15, -0.1) is 0 Å². The van der Waals surface area contributed by atoms with E-state index in [-0.39, 0.29) is 12.3 Å². The van der Waals surface area contributed by atoms with E-state index < -0.39 is 0 Å². The summed E-state index contributed by atoms with van der Waals surface area (Å²) >= 11 is 0. The summed E-state index contributed by atoms with van der Waals surface area (Å²) < 4.78 is 16.4. The summed E-state index contributed by atoms with van der Waals surface area (Å²) in [5, 5.41) is 6.87. The van der Waals surface area contributed by atoms with Crippen LogP contribution in [0, 0.1) is 6.92 Å². The largest absolute Gasteiger partial charge is 0.494 e. The van der Waals surface area contributed by atoms with Gasteiger partial charge in [0.15, 0.2) is 0 Å². The molecule has 0 spiro atoms. The van der Waals surface area contributed by atoms with Gasteiger partial charge in [-0.25, -0.2) is 0 Å². The molecule has 7 nitrogen and oxygen atoms in total. The quantitative estimate of drug-likeness (QED) is 0.577. The van der Waals surface area contributed by atoms with Crippen LogP contribution in [0.5, 0.6) is 11.5 Å². The van der Waals surface area contributed by atoms with E-state index in [0.29, 0.717) is 48.5 Å². The van der Waals surface area contributed by atoms with Gasteiger partial charge in [-0.05, 0) is 32.9 Å². The second-order valence-corrected chi connectivity index (χ2v) is 6.45. The lowest BCUT2D eigenvalue weighted by Crippen LogP contribution is -2.13. The highest BCUT2D eigenvalue weighted by Gasteiger charge is 2.13. The molecule has 152 valence electrons. The molecule has 0 aliphatic carbocycles. The molecular formula is C22H25N3O4. The Kier molecular flexibility index (Phi) is 6.84. The number of anilines is 1. The van der Waals surface area contributed by atoms with Crippen LogP contribution in [0.25, 0.3) is 11.4 Å². The van der Waals surface area contributed by atoms with Crippen molar-refractivity contribution in [3.05, 3.63) is 53.9 Å². The third-order valence-corrected chi connectivity index (χ3v) is 4.18. The normalized spacial score (nSPS) is 10.6. The van der Waals surface area contributed by atoms with E-state index in [1.54, 1.807) is 12.1 Å². The van der Waals surface area contributed by atoms with Crippen molar-refractivity contribution in [1.29, 1.82) is 0 Å². The average molecular weight is 395 g/mol. The summed E-state index contributed by atoms with van der Waals surface area (Å²) in [6, 6.07) is 13.2. The van der Waals surface area contributed by atoms with Crippen molar-refractivity contribution in [3.63, 3.8) is 0 Å². The number of aromatic nitrogens is 2. The second-order valence-electron chi connectivity index (χ2n) is 6.45. The molecule has 0 saturated carbocycles. The first-order chi connectivity index (χ1) is 14.1. The van der Waals surface area contributed by atoms with Crippen LogP contribution in [0.3, 0.4) is 0 Å². The minimum absolute atomic E-state index is 0.172. The molecule has 1 N–H and O–H groups in total. The van der Waals surface area contributed by atoms with Gasteiger partial charge in [-0.1, -0.05) is 35.0 Å². The predicted molar refractivity (Wildman–Crippen MR) is 110 cm³/mol. The Bertz CT molecular complexity index is 951. The lowest BCUT2D eigenvalue weighted by Gasteiger charge is -2.13. The molecule has 0 radical (unpaired) electrons. The number of ether oxygens (including phenoxy) is 2. The molecule has 0 bridgehead atoms. The zero-order chi connectivity index (χ0) is 20.6. The monoisotopic (exact) mass is 395 g/mol. The summed E-state index contributed by atoms with van der Waals surface area (Å²) in [7, 11) is 0. The van der Waals surface area contributed by atoms with Gasteiger partial charge in [0, 0.05) is 24.5 Å². The Morgan fingerprint density at radius 2 is 1.83 bits per heavy atom. The Balaban J connectivity index is 1.61. The minimum Gasteiger partial charge on any atom is -0.494 e. The molecule has 29 heavy (non-hydrogen) atoms. The van der Waals surface area contributed by atoms with Crippen LogP contribution in [0.2, 0.25) is 0 Å². The van der Waals surface area contributed by atoms with Gasteiger partial charge < -0.3 is 19.3 Å². The molecule has 1 amide bonds. The molecule has 0 atom stereocenters. The number of rotatable bonds is 9. The third kappa shape index (κ3) is 5.57. The number of nitrogens with zero attached hydrogens (tertiary/aromatic N) is 2. The molecule has 0 unspecified atom stereocenters. The molecule has 1 aromatic heterocycles. The van der Waals surface area contributed by atoms with Crippen LogP contribution in [0.4, 0.5) is 5.69 Å². The molecule has 7 heteroatoms. The zero-order valence-electron chi connectivity index (χ0n) is 16.9. The molecular weight excluding hydrogens is 370 g/mol. The van der Waals surface area contributed by atoms with Crippen LogP contribution in [0.15, 0.2) is 47.0 Å². The van der Waals surface area contributed by atoms with Gasteiger partial charge in [0.1, 0.15) is 11.5 Å². The predicted octanol–water partition coefficient (Wildman–Crippen LogP) is 4.41. The lowest BCUT2D eigenvalue weighted by atomic mass is 10.1. The standard InChI is InChI=1S/C22H25N3O4/c1-4-27-17-10-11-19(28-5-2)18(14-17)23-20(26)12-13-21-24-22(25-29-21)16-8-6-15(3)7-9-16/h6-11,14H,4-5,12-13H2,1-3H3,(H,23,26). The fourth-order valence-electron chi connectivity index (χ4n) is 2.75. The number of amides is 1. The topological polar surface area (TPSA) is 86.5 Å². The molecule has 3 rings (SSSR count). The Hall–Kier alpha value is -3.35. The van der Waals surface area contributed by atoms with Crippen molar-refractivity contribution in [2.45, 2.75) is 33.6 Å². The van der Waals surface area contributed by atoms with Crippen molar-refractivity contribution >= 4 is 11.6 Å². The van der Waals surface area contributed by atoms with Crippen LogP contribution in [0.1, 0.15) is 31.7 Å². The zero-order valence-corrected chi connectivity index (χ0v) is 16.9. The van der Waals surface area contributed by atoms with Crippen molar-refractivity contribution < 1.29 is 18.8 Å². The van der Waals surface area contributed by atoms with Crippen molar-refractivity contribution in [2.75, 3.05) is 18.5 Å². The van der Waals surface area contributed by atoms with E-state index in [1.165, 1.54) is 0 Å². The Labute approximate surface area is 170 Å². The van der Waals surface area contributed by atoms with Gasteiger partial charge in [-0.2, -0.15) is 4.98 Å². The first-order valence-corrected chi connectivity index (χ1v) is 9.68. The maximum atomic E-state index is 12.4. The minimum atomic E-state index is -0.172. The van der Waals surface area contributed by atoms with Gasteiger partial charge in [0.2, 0.25) is 17.6 Å². The molecule has 0 aliphatic rings. The Morgan fingerprint density at radius 1 is 1.07 bits per heavy atom. The smallest absolute Gasteiger partial charge is 0.227 e. The van der Waals surface area contributed by atoms with Crippen LogP contribution in [-0.4, -0.2) is 29.3 Å². The number of carbonyl (C=O) groups excluding carboxylic acids is 1. The van der Waals surface area contributed by atoms with Crippen molar-refractivity contribution in [1.82, 2.24) is 10.1 Å². The highest BCUT2D eigenvalue weighted by molar-refractivity contribution is 5.92. The Morgan fingerprint density at radius 3 is 2.55 bits per heavy atom. The van der Waals surface area contributed by atoms with Crippen LogP contribution >= 0.6 is 0 Å². The summed E-state index contributed by atoms with van der Waals surface area (Å²) in [5.74, 6) is 2.04. The SMILES string of the molecule is CCOc1ccc(OCC)c(NC(=O)CCc2nc(-c3ccc(C)cc3)no2)c1. The molecule has 1 heterocycles. The van der Waals surface area contributed by atoms with E-state index in [2.05, 4.69) is 15.5 Å². The highest BCUT2D eigenvalue weighted by Crippen LogP contribution is 2.29. The third-order valence-electron chi connectivity index (χ3n) is 4.18. The molecule has 3 aromatic rings. The first-order valence-electron chi connectivity index (χ1n) is 9.68. The number of hydrogen-bond donors (Lipinski definition) is 1. The van der Waals surface area contributed by atoms with E-state index in [1.807, 2.05) is 51.1 Å². The maximum Gasteiger partial charge on any atom is 0.227 e. The van der Waals surface area contributed by atoms with Gasteiger partial charge in [0.25, 0.3) is 0 Å². The average Bonchev–Trinajstić information content (AvgIpc) is 3.18. The van der Waals surface area contributed by atoms with Gasteiger partial charge in [0.05, 0.1) is 18.9 Å². The fourth-order valence-corrected chi connectivity index (χ4v) is 2.75. The van der Waals surface area contributed by atoms with E-state index in [4.69, 9.17) is 14.0 Å². The maximum absolute atomic E-state index is 12.4. The molecule has 0 saturated heterocycles. The number of carbonyl (C=O) groups is 1. The first kappa shape index (κ1) is 20.4. The van der Waals surface area contributed by atoms with Crippen molar-refractivity contribution in [3.8, 4) is 22.9 Å². The number of hydrogen-bond acceptors (Lipinski definition) is 6. The van der Waals surface area contributed by atoms with E-state index in [9.17, 15) is 4.79 Å². The van der Waals surface area contributed by atoms with Crippen molar-refractivity contribution in [2.24, 2.45) is 0 Å². The summed E-state index contributed by atoms with van der Waals surface area (Å²) in [5.41, 5.74) is 2.62. The van der Waals surface area contributed by atoms with Gasteiger partial charge in [-0.3, -0.25) is 4.79 Å². The van der Waals surface area contributed by atoms with E-state index >= 15 is 0 Å². The molecule has 0 aliphatic heterocycles. The summed E-state index contributed by atoms with van der Waals surface area (Å²) in [6.45, 7) is 6.86. The summed E-state index contributed by atoms with van der Waals surface area (Å²) in [6.07, 6.45) is 0.555. The van der Waals surface area contributed by atoms with Gasteiger partial charge >= 0.3 is 0 Å². The fraction of sp³-hybridized carbons (Fsp3) is 0.318. The highest BCUT2D eigenvalue weighted by atomic mass is 16.5. The molecule has 0 fully saturated rings. The second kappa shape index (κ2) is 9.73. The number of aryl methyl sites for hydroxylation is 2. The number of nitrogens with one attached hydrogen (secondary N) is 1. The van der Waals surface area contributed by atoms with E-state index in [0.717, 1.165) is 11.1 Å². The summed E-state index contributed by atoms with van der Waals surface area (Å²) in [4.78, 5) is 16.8. The van der Waals surface area contributed by atoms with Crippen LogP contribution < -0.4 is 14.8 Å². The lowest BCUT2D eigenvalue weighted by molar-refractivity contribution is -0.116. The van der Waals surface area contributed by atoms with Crippen LogP contribution in [-0.2, 0) is 11.2 Å². The molecule has 2 aromatic carbocycles.